The number of nitrogens with zero attached hydrogens (tertiary/aromatic N) is 2. The number of ether oxygens (including phenoxy) is 1. The van der Waals surface area contributed by atoms with Crippen molar-refractivity contribution < 1.29 is 9.84 Å². The summed E-state index contributed by atoms with van der Waals surface area (Å²) >= 11 is 1.31. The van der Waals surface area contributed by atoms with E-state index in [2.05, 4.69) is 14.9 Å². The van der Waals surface area contributed by atoms with Gasteiger partial charge >= 0.3 is 0 Å². The summed E-state index contributed by atoms with van der Waals surface area (Å²) in [6.45, 7) is 0.422. The lowest BCUT2D eigenvalue weighted by molar-refractivity contribution is 0.280. The fraction of sp³-hybridized carbons (Fsp3) is 0.273. The first-order valence-electron chi connectivity index (χ1n) is 5.15. The molecule has 1 aromatic carbocycles. The van der Waals surface area contributed by atoms with Gasteiger partial charge in [0.25, 0.3) is 0 Å². The standard InChI is InChI=1S/C11H13N3O2S/c1-12-11-10(13-14-17-11)7-16-9-4-2-8(6-15)3-5-9/h2-5,12,15H,6-7H2,1H3. The Morgan fingerprint density at radius 3 is 2.76 bits per heavy atom. The van der Waals surface area contributed by atoms with E-state index in [1.54, 1.807) is 0 Å². The van der Waals surface area contributed by atoms with Crippen LogP contribution in [0.3, 0.4) is 0 Å². The molecule has 0 aliphatic heterocycles. The number of hydrogen-bond donors (Lipinski definition) is 2. The van der Waals surface area contributed by atoms with Crippen LogP contribution in [0.25, 0.3) is 0 Å². The van der Waals surface area contributed by atoms with Gasteiger partial charge in [0, 0.05) is 18.6 Å². The molecule has 0 bridgehead atoms. The Hall–Kier alpha value is -1.66. The van der Waals surface area contributed by atoms with Gasteiger partial charge in [-0.15, -0.1) is 5.10 Å². The maximum Gasteiger partial charge on any atom is 0.136 e. The van der Waals surface area contributed by atoms with Gasteiger partial charge in [-0.05, 0) is 17.7 Å². The summed E-state index contributed by atoms with van der Waals surface area (Å²) in [5, 5.41) is 16.8. The molecule has 0 amide bonds. The van der Waals surface area contributed by atoms with Gasteiger partial charge in [0.15, 0.2) is 0 Å². The normalized spacial score (nSPS) is 10.2. The van der Waals surface area contributed by atoms with Crippen molar-refractivity contribution >= 4 is 16.5 Å². The first kappa shape index (κ1) is 11.8. The molecule has 0 radical (unpaired) electrons. The Morgan fingerprint density at radius 2 is 2.12 bits per heavy atom. The molecular weight excluding hydrogens is 238 g/mol. The summed E-state index contributed by atoms with van der Waals surface area (Å²) in [5.74, 6) is 0.747. The number of rotatable bonds is 5. The quantitative estimate of drug-likeness (QED) is 0.845. The molecule has 5 nitrogen and oxygen atoms in total. The predicted molar refractivity (Wildman–Crippen MR) is 66.2 cm³/mol. The van der Waals surface area contributed by atoms with Crippen LogP contribution in [0.15, 0.2) is 24.3 Å². The van der Waals surface area contributed by atoms with E-state index >= 15 is 0 Å². The molecule has 0 aliphatic carbocycles. The summed E-state index contributed by atoms with van der Waals surface area (Å²) in [6.07, 6.45) is 0. The van der Waals surface area contributed by atoms with Crippen molar-refractivity contribution in [3.8, 4) is 5.75 Å². The molecule has 6 heteroatoms. The molecule has 0 spiro atoms. The number of aliphatic hydroxyl groups is 1. The maximum atomic E-state index is 8.91. The molecule has 1 aromatic heterocycles. The highest BCUT2D eigenvalue weighted by Crippen LogP contribution is 2.19. The van der Waals surface area contributed by atoms with Crippen LogP contribution in [-0.4, -0.2) is 21.7 Å². The number of nitrogens with one attached hydrogen (secondary N) is 1. The van der Waals surface area contributed by atoms with E-state index in [1.165, 1.54) is 11.5 Å². The Kier molecular flexibility index (Phi) is 3.89. The minimum atomic E-state index is 0.0419. The summed E-state index contributed by atoms with van der Waals surface area (Å²) in [6, 6.07) is 7.30. The van der Waals surface area contributed by atoms with E-state index in [1.807, 2.05) is 31.3 Å². The van der Waals surface area contributed by atoms with Crippen LogP contribution >= 0.6 is 11.5 Å². The van der Waals surface area contributed by atoms with E-state index in [4.69, 9.17) is 9.84 Å². The number of aromatic nitrogens is 2. The molecule has 0 fully saturated rings. The van der Waals surface area contributed by atoms with E-state index in [-0.39, 0.29) is 6.61 Å². The van der Waals surface area contributed by atoms with Gasteiger partial charge in [-0.1, -0.05) is 16.6 Å². The van der Waals surface area contributed by atoms with Gasteiger partial charge in [0.2, 0.25) is 0 Å². The molecule has 2 aromatic rings. The van der Waals surface area contributed by atoms with Gasteiger partial charge in [-0.2, -0.15) is 0 Å². The molecular formula is C11H13N3O2S. The molecule has 0 unspecified atom stereocenters. The van der Waals surface area contributed by atoms with E-state index in [0.717, 1.165) is 22.0 Å². The Morgan fingerprint density at radius 1 is 1.35 bits per heavy atom. The Labute approximate surface area is 103 Å². The van der Waals surface area contributed by atoms with Gasteiger partial charge in [-0.25, -0.2) is 0 Å². The first-order chi connectivity index (χ1) is 8.33. The molecule has 17 heavy (non-hydrogen) atoms. The number of anilines is 1. The molecule has 90 valence electrons. The van der Waals surface area contributed by atoms with Crippen molar-refractivity contribution in [2.75, 3.05) is 12.4 Å². The third kappa shape index (κ3) is 2.92. The Balaban J connectivity index is 1.97. The summed E-state index contributed by atoms with van der Waals surface area (Å²) in [4.78, 5) is 0. The highest BCUT2D eigenvalue weighted by atomic mass is 32.1. The van der Waals surface area contributed by atoms with E-state index in [9.17, 15) is 0 Å². The third-order valence-corrected chi connectivity index (χ3v) is 3.05. The van der Waals surface area contributed by atoms with Crippen molar-refractivity contribution in [3.63, 3.8) is 0 Å². The van der Waals surface area contributed by atoms with Gasteiger partial charge in [-0.3, -0.25) is 0 Å². The summed E-state index contributed by atoms with van der Waals surface area (Å²) < 4.78 is 9.42. The second-order valence-electron chi connectivity index (χ2n) is 3.39. The zero-order chi connectivity index (χ0) is 12.1. The SMILES string of the molecule is CNc1snnc1COc1ccc(CO)cc1. The zero-order valence-electron chi connectivity index (χ0n) is 9.38. The van der Waals surface area contributed by atoms with Gasteiger partial charge in [0.1, 0.15) is 23.1 Å². The van der Waals surface area contributed by atoms with E-state index in [0.29, 0.717) is 6.61 Å². The van der Waals surface area contributed by atoms with E-state index < -0.39 is 0 Å². The fourth-order valence-corrected chi connectivity index (χ4v) is 1.85. The van der Waals surface area contributed by atoms with Crippen LogP contribution < -0.4 is 10.1 Å². The first-order valence-corrected chi connectivity index (χ1v) is 5.92. The van der Waals surface area contributed by atoms with Gasteiger partial charge in [0.05, 0.1) is 6.61 Å². The molecule has 0 atom stereocenters. The van der Waals surface area contributed by atoms with Gasteiger partial charge < -0.3 is 15.2 Å². The van der Waals surface area contributed by atoms with Crippen LogP contribution in [0.4, 0.5) is 5.00 Å². The molecule has 0 aliphatic rings. The topological polar surface area (TPSA) is 67.3 Å². The highest BCUT2D eigenvalue weighted by molar-refractivity contribution is 7.10. The third-order valence-electron chi connectivity index (χ3n) is 2.26. The summed E-state index contributed by atoms with van der Waals surface area (Å²) in [7, 11) is 1.83. The van der Waals surface area contributed by atoms with Crippen LogP contribution in [0.2, 0.25) is 0 Å². The smallest absolute Gasteiger partial charge is 0.136 e. The van der Waals surface area contributed by atoms with Crippen molar-refractivity contribution in [2.24, 2.45) is 0 Å². The lowest BCUT2D eigenvalue weighted by Gasteiger charge is -2.05. The number of hydrogen-bond acceptors (Lipinski definition) is 6. The maximum absolute atomic E-state index is 8.91. The molecule has 2 N–H and O–H groups in total. The second kappa shape index (κ2) is 5.60. The van der Waals surface area contributed by atoms with Crippen molar-refractivity contribution in [1.82, 2.24) is 9.59 Å². The average molecular weight is 251 g/mol. The van der Waals surface area contributed by atoms with Crippen molar-refractivity contribution in [3.05, 3.63) is 35.5 Å². The van der Waals surface area contributed by atoms with Crippen molar-refractivity contribution in [1.29, 1.82) is 0 Å². The monoisotopic (exact) mass is 251 g/mol. The Bertz CT molecular complexity index is 470. The van der Waals surface area contributed by atoms with Crippen LogP contribution in [0, 0.1) is 0 Å². The molecule has 0 saturated heterocycles. The highest BCUT2D eigenvalue weighted by Gasteiger charge is 2.06. The average Bonchev–Trinajstić information content (AvgIpc) is 2.84. The molecule has 2 rings (SSSR count). The molecule has 0 saturated carbocycles. The lowest BCUT2D eigenvalue weighted by Crippen LogP contribution is -1.99. The second-order valence-corrected chi connectivity index (χ2v) is 4.14. The van der Waals surface area contributed by atoms with Crippen LogP contribution in [0.5, 0.6) is 5.75 Å². The van der Waals surface area contributed by atoms with Crippen LogP contribution in [0.1, 0.15) is 11.3 Å². The fourth-order valence-electron chi connectivity index (χ4n) is 1.34. The largest absolute Gasteiger partial charge is 0.487 e. The minimum absolute atomic E-state index is 0.0419. The molecule has 1 heterocycles. The number of benzene rings is 1. The number of aliphatic hydroxyl groups excluding tert-OH is 1. The minimum Gasteiger partial charge on any atom is -0.487 e. The van der Waals surface area contributed by atoms with Crippen LogP contribution in [-0.2, 0) is 13.2 Å². The summed E-state index contributed by atoms with van der Waals surface area (Å²) in [5.41, 5.74) is 1.66. The predicted octanol–water partition coefficient (Wildman–Crippen LogP) is 1.65. The zero-order valence-corrected chi connectivity index (χ0v) is 10.2. The lowest BCUT2D eigenvalue weighted by atomic mass is 10.2. The van der Waals surface area contributed by atoms with Crippen molar-refractivity contribution in [2.45, 2.75) is 13.2 Å².